The smallest absolute Gasteiger partial charge is 0.219 e. The summed E-state index contributed by atoms with van der Waals surface area (Å²) in [5, 5.41) is 10.0. The molecule has 0 amide bonds. The van der Waals surface area contributed by atoms with Gasteiger partial charge in [-0.05, 0) is 26.3 Å². The van der Waals surface area contributed by atoms with Crippen LogP contribution in [0.4, 0.5) is 0 Å². The molecule has 1 N–H and O–H groups in total. The third-order valence-corrected chi connectivity index (χ3v) is 4.34. The molecule has 0 saturated carbocycles. The van der Waals surface area contributed by atoms with E-state index in [0.717, 1.165) is 5.56 Å². The van der Waals surface area contributed by atoms with Gasteiger partial charge in [-0.25, -0.2) is 0 Å². The van der Waals surface area contributed by atoms with Crippen molar-refractivity contribution in [2.24, 2.45) is 0 Å². The Kier molecular flexibility index (Phi) is 2.58. The maximum Gasteiger partial charge on any atom is 0.219 e. The number of aliphatic hydroxyl groups excluding tert-OH is 1. The molecule has 1 heterocycles. The first-order valence-corrected chi connectivity index (χ1v) is 5.97. The second-order valence-corrected chi connectivity index (χ2v) is 5.65. The first-order chi connectivity index (χ1) is 7.45. The van der Waals surface area contributed by atoms with Crippen LogP contribution in [-0.2, 0) is 9.54 Å². The van der Waals surface area contributed by atoms with Gasteiger partial charge in [0, 0.05) is 5.57 Å². The summed E-state index contributed by atoms with van der Waals surface area (Å²) in [4.78, 5) is 11.6. The summed E-state index contributed by atoms with van der Waals surface area (Å²) in [5.41, 5.74) is 2.60. The van der Waals surface area contributed by atoms with Gasteiger partial charge in [-0.1, -0.05) is 41.6 Å². The normalized spacial score (nSPS) is 25.3. The summed E-state index contributed by atoms with van der Waals surface area (Å²) < 4.78 is -0.616. The van der Waals surface area contributed by atoms with Crippen LogP contribution in [0, 0.1) is 6.92 Å². The highest BCUT2D eigenvalue weighted by Gasteiger charge is 2.43. The summed E-state index contributed by atoms with van der Waals surface area (Å²) >= 11 is 1.18. The van der Waals surface area contributed by atoms with Crippen LogP contribution in [0.15, 0.2) is 35.6 Å². The fraction of sp³-hybridized carbons (Fsp3) is 0.308. The molecule has 1 atom stereocenters. The van der Waals surface area contributed by atoms with Crippen molar-refractivity contribution in [1.29, 1.82) is 0 Å². The van der Waals surface area contributed by atoms with Crippen LogP contribution < -0.4 is 0 Å². The van der Waals surface area contributed by atoms with Gasteiger partial charge in [0.2, 0.25) is 5.12 Å². The molecule has 0 saturated heterocycles. The number of carbonyl (C=O) groups is 1. The number of benzene rings is 1. The van der Waals surface area contributed by atoms with E-state index in [1.165, 1.54) is 17.3 Å². The van der Waals surface area contributed by atoms with Crippen LogP contribution in [0.2, 0.25) is 0 Å². The van der Waals surface area contributed by atoms with E-state index in [1.807, 2.05) is 38.1 Å². The molecule has 2 rings (SSSR count). The highest BCUT2D eigenvalue weighted by Crippen LogP contribution is 2.49. The van der Waals surface area contributed by atoms with Crippen LogP contribution in [0.3, 0.4) is 0 Å². The predicted molar refractivity (Wildman–Crippen MR) is 66.5 cm³/mol. The lowest BCUT2D eigenvalue weighted by Crippen LogP contribution is -2.17. The molecule has 84 valence electrons. The van der Waals surface area contributed by atoms with Gasteiger partial charge < -0.3 is 5.11 Å². The van der Waals surface area contributed by atoms with Gasteiger partial charge in [0.25, 0.3) is 0 Å². The SMILES string of the molecule is CC1=C(O)[C@](C)(c2ccc(C)cc2)SC1=O. The lowest BCUT2D eigenvalue weighted by Gasteiger charge is -2.23. The Hall–Kier alpha value is -1.22. The fourth-order valence-corrected chi connectivity index (χ4v) is 2.96. The lowest BCUT2D eigenvalue weighted by molar-refractivity contribution is -0.107. The molecule has 0 spiro atoms. The largest absolute Gasteiger partial charge is 0.510 e. The van der Waals surface area contributed by atoms with E-state index in [4.69, 9.17) is 0 Å². The van der Waals surface area contributed by atoms with Crippen LogP contribution >= 0.6 is 11.8 Å². The number of rotatable bonds is 1. The summed E-state index contributed by atoms with van der Waals surface area (Å²) in [7, 11) is 0. The molecule has 1 aromatic rings. The Morgan fingerprint density at radius 2 is 1.75 bits per heavy atom. The van der Waals surface area contributed by atoms with Crippen LogP contribution in [0.5, 0.6) is 0 Å². The minimum atomic E-state index is -0.616. The molecule has 1 aliphatic rings. The van der Waals surface area contributed by atoms with Gasteiger partial charge in [0.05, 0.1) is 0 Å². The predicted octanol–water partition coefficient (Wildman–Crippen LogP) is 3.32. The molecule has 0 unspecified atom stereocenters. The molecule has 16 heavy (non-hydrogen) atoms. The minimum absolute atomic E-state index is 0.0411. The maximum atomic E-state index is 11.6. The molecule has 0 aliphatic carbocycles. The van der Waals surface area contributed by atoms with E-state index in [2.05, 4.69) is 0 Å². The monoisotopic (exact) mass is 234 g/mol. The van der Waals surface area contributed by atoms with Crippen LogP contribution in [-0.4, -0.2) is 10.2 Å². The molecule has 1 aliphatic heterocycles. The van der Waals surface area contributed by atoms with Crippen LogP contribution in [0.25, 0.3) is 0 Å². The van der Waals surface area contributed by atoms with E-state index < -0.39 is 4.75 Å². The average molecular weight is 234 g/mol. The van der Waals surface area contributed by atoms with E-state index in [1.54, 1.807) is 6.92 Å². The Morgan fingerprint density at radius 1 is 1.19 bits per heavy atom. The van der Waals surface area contributed by atoms with E-state index >= 15 is 0 Å². The van der Waals surface area contributed by atoms with Crippen molar-refractivity contribution in [3.05, 3.63) is 46.7 Å². The van der Waals surface area contributed by atoms with Crippen LogP contribution in [0.1, 0.15) is 25.0 Å². The van der Waals surface area contributed by atoms with Gasteiger partial charge in [0.15, 0.2) is 0 Å². The average Bonchev–Trinajstić information content (AvgIpc) is 2.45. The lowest BCUT2D eigenvalue weighted by atomic mass is 9.95. The van der Waals surface area contributed by atoms with Crippen molar-refractivity contribution < 1.29 is 9.90 Å². The summed E-state index contributed by atoms with van der Waals surface area (Å²) in [6.07, 6.45) is 0. The fourth-order valence-electron chi connectivity index (χ4n) is 1.83. The zero-order chi connectivity index (χ0) is 11.9. The number of hydrogen-bond donors (Lipinski definition) is 1. The zero-order valence-electron chi connectivity index (χ0n) is 9.57. The Balaban J connectivity index is 2.49. The topological polar surface area (TPSA) is 37.3 Å². The molecule has 3 heteroatoms. The zero-order valence-corrected chi connectivity index (χ0v) is 10.4. The molecule has 1 aromatic carbocycles. The Labute approximate surface area is 99.4 Å². The molecule has 0 fully saturated rings. The third kappa shape index (κ3) is 1.55. The number of aryl methyl sites for hydroxylation is 1. The summed E-state index contributed by atoms with van der Waals surface area (Å²) in [6, 6.07) is 7.91. The van der Waals surface area contributed by atoms with Gasteiger partial charge in [-0.3, -0.25) is 4.79 Å². The van der Waals surface area contributed by atoms with Crippen molar-refractivity contribution in [2.45, 2.75) is 25.5 Å². The Bertz CT molecular complexity index is 473. The van der Waals surface area contributed by atoms with E-state index in [-0.39, 0.29) is 10.9 Å². The maximum absolute atomic E-state index is 11.6. The van der Waals surface area contributed by atoms with Gasteiger partial charge in [-0.2, -0.15) is 0 Å². The first kappa shape index (κ1) is 11.3. The van der Waals surface area contributed by atoms with E-state index in [0.29, 0.717) is 5.57 Å². The molecule has 2 nitrogen and oxygen atoms in total. The molecular weight excluding hydrogens is 220 g/mol. The van der Waals surface area contributed by atoms with Gasteiger partial charge in [-0.15, -0.1) is 0 Å². The van der Waals surface area contributed by atoms with Crippen molar-refractivity contribution in [3.63, 3.8) is 0 Å². The number of aliphatic hydroxyl groups is 1. The molecule has 0 aromatic heterocycles. The van der Waals surface area contributed by atoms with Gasteiger partial charge >= 0.3 is 0 Å². The van der Waals surface area contributed by atoms with E-state index in [9.17, 15) is 9.90 Å². The van der Waals surface area contributed by atoms with Gasteiger partial charge in [0.1, 0.15) is 10.5 Å². The minimum Gasteiger partial charge on any atom is -0.510 e. The highest BCUT2D eigenvalue weighted by atomic mass is 32.2. The Morgan fingerprint density at radius 3 is 2.19 bits per heavy atom. The van der Waals surface area contributed by atoms with Crippen molar-refractivity contribution in [1.82, 2.24) is 0 Å². The first-order valence-electron chi connectivity index (χ1n) is 5.16. The third-order valence-electron chi connectivity index (χ3n) is 3.01. The van der Waals surface area contributed by atoms with Crippen molar-refractivity contribution in [3.8, 4) is 0 Å². The van der Waals surface area contributed by atoms with Crippen molar-refractivity contribution >= 4 is 16.9 Å². The highest BCUT2D eigenvalue weighted by molar-refractivity contribution is 8.15. The number of thioether (sulfide) groups is 1. The summed E-state index contributed by atoms with van der Waals surface area (Å²) in [6.45, 7) is 5.57. The standard InChI is InChI=1S/C13H14O2S/c1-8-4-6-10(7-5-8)13(3)11(14)9(2)12(15)16-13/h4-7,14H,1-3H3/t13-/m0/s1. The van der Waals surface area contributed by atoms with Crippen molar-refractivity contribution in [2.75, 3.05) is 0 Å². The molecule has 0 radical (unpaired) electrons. The molecular formula is C13H14O2S. The second kappa shape index (κ2) is 3.67. The second-order valence-electron chi connectivity index (χ2n) is 4.26. The number of carbonyl (C=O) groups excluding carboxylic acids is 1. The summed E-state index contributed by atoms with van der Waals surface area (Å²) in [5.74, 6) is 0.186. The number of hydrogen-bond acceptors (Lipinski definition) is 3. The molecule has 0 bridgehead atoms. The quantitative estimate of drug-likeness (QED) is 0.810.